The van der Waals surface area contributed by atoms with Crippen molar-refractivity contribution in [1.29, 1.82) is 0 Å². The van der Waals surface area contributed by atoms with Gasteiger partial charge in [-0.3, -0.25) is 9.59 Å². The Morgan fingerprint density at radius 3 is 2.30 bits per heavy atom. The Kier molecular flexibility index (Phi) is 4.42. The summed E-state index contributed by atoms with van der Waals surface area (Å²) in [6.07, 6.45) is 0. The first-order valence-electron chi connectivity index (χ1n) is 5.86. The summed E-state index contributed by atoms with van der Waals surface area (Å²) in [6, 6.07) is 13.4. The molecule has 0 aliphatic heterocycles. The van der Waals surface area contributed by atoms with Gasteiger partial charge in [0, 0.05) is 34.8 Å². The molecule has 0 saturated heterocycles. The average molecular weight is 308 g/mol. The van der Waals surface area contributed by atoms with Gasteiger partial charge in [0.1, 0.15) is 0 Å². The summed E-state index contributed by atoms with van der Waals surface area (Å²) in [6.45, 7) is 1.32. The van der Waals surface area contributed by atoms with Gasteiger partial charge in [-0.1, -0.05) is 41.9 Å². The largest absolute Gasteiger partial charge is 0.289 e. The molecule has 0 N–H and O–H groups in total. The molecule has 0 fully saturated rings. The molecule has 0 aliphatic carbocycles. The van der Waals surface area contributed by atoms with Crippen LogP contribution in [0, 0.1) is 0 Å². The average Bonchev–Trinajstić information content (AvgIpc) is 2.46. The van der Waals surface area contributed by atoms with Crippen LogP contribution in [-0.4, -0.2) is 11.7 Å². The molecule has 102 valence electrons. The molecule has 0 saturated carbocycles. The summed E-state index contributed by atoms with van der Waals surface area (Å²) in [7, 11) is 0. The van der Waals surface area contributed by atoms with Gasteiger partial charge in [0.25, 0.3) is 0 Å². The van der Waals surface area contributed by atoms with Gasteiger partial charge in [-0.2, -0.15) is 0 Å². The number of amides is 1. The summed E-state index contributed by atoms with van der Waals surface area (Å²) >= 11 is 11.9. The fourth-order valence-corrected chi connectivity index (χ4v) is 2.10. The zero-order valence-electron chi connectivity index (χ0n) is 10.6. The maximum atomic E-state index is 12.5. The topological polar surface area (TPSA) is 37.4 Å². The highest BCUT2D eigenvalue weighted by Gasteiger charge is 2.19. The second kappa shape index (κ2) is 6.07. The Bertz CT molecular complexity index is 656. The van der Waals surface area contributed by atoms with Crippen LogP contribution in [0.25, 0.3) is 0 Å². The zero-order chi connectivity index (χ0) is 14.7. The molecule has 1 amide bonds. The number of halogens is 2. The second-order valence-corrected chi connectivity index (χ2v) is 4.93. The Morgan fingerprint density at radius 2 is 1.70 bits per heavy atom. The Morgan fingerprint density at radius 1 is 1.05 bits per heavy atom. The first-order chi connectivity index (χ1) is 9.50. The predicted octanol–water partition coefficient (Wildman–Crippen LogP) is 4.08. The normalized spacial score (nSPS) is 10.2. The van der Waals surface area contributed by atoms with Crippen molar-refractivity contribution in [2.24, 2.45) is 0 Å². The fraction of sp³-hybridized carbons (Fsp3) is 0.0667. The number of carbonyl (C=O) groups is 2. The van der Waals surface area contributed by atoms with Crippen molar-refractivity contribution in [3.05, 3.63) is 64.7 Å². The van der Waals surface area contributed by atoms with Crippen LogP contribution in [0.15, 0.2) is 48.5 Å². The number of ketones is 1. The summed E-state index contributed by atoms with van der Waals surface area (Å²) in [4.78, 5) is 23.9. The first-order valence-corrected chi connectivity index (χ1v) is 6.58. The maximum Gasteiger partial charge on any atom is 0.238 e. The second-order valence-electron chi connectivity index (χ2n) is 4.16. The summed E-state index contributed by atoms with van der Waals surface area (Å²) < 4.78 is 0.909. The number of benzene rings is 2. The van der Waals surface area contributed by atoms with Crippen LogP contribution in [0.4, 0.5) is 5.69 Å². The molecule has 0 heterocycles. The van der Waals surface area contributed by atoms with E-state index in [0.29, 0.717) is 16.3 Å². The Balaban J connectivity index is 2.53. The van der Waals surface area contributed by atoms with Crippen molar-refractivity contribution in [1.82, 2.24) is 0 Å². The van der Waals surface area contributed by atoms with Crippen LogP contribution in [0.5, 0.6) is 0 Å². The number of hydrogen-bond donors (Lipinski definition) is 0. The van der Waals surface area contributed by atoms with E-state index in [1.807, 2.05) is 6.07 Å². The molecule has 20 heavy (non-hydrogen) atoms. The number of hydrogen-bond acceptors (Lipinski definition) is 2. The number of rotatable bonds is 3. The molecule has 3 nitrogen and oxygen atoms in total. The predicted molar refractivity (Wildman–Crippen MR) is 80.3 cm³/mol. The molecule has 0 radical (unpaired) electrons. The smallest absolute Gasteiger partial charge is 0.238 e. The lowest BCUT2D eigenvalue weighted by Gasteiger charge is -2.16. The SMILES string of the molecule is CC(=O)N(Cl)c1ccc(Cl)cc1C(=O)c1ccccc1. The summed E-state index contributed by atoms with van der Waals surface area (Å²) in [5, 5.41) is 0.404. The minimum absolute atomic E-state index is 0.241. The monoisotopic (exact) mass is 307 g/mol. The highest BCUT2D eigenvalue weighted by Crippen LogP contribution is 2.28. The molecule has 0 aromatic heterocycles. The third-order valence-corrected chi connectivity index (χ3v) is 3.38. The van der Waals surface area contributed by atoms with E-state index in [2.05, 4.69) is 0 Å². The molecule has 2 aromatic rings. The molecule has 0 spiro atoms. The van der Waals surface area contributed by atoms with Crippen molar-refractivity contribution in [2.75, 3.05) is 4.42 Å². The summed E-state index contributed by atoms with van der Waals surface area (Å²) in [5.41, 5.74) is 1.11. The van der Waals surface area contributed by atoms with Gasteiger partial charge in [-0.15, -0.1) is 0 Å². The quantitative estimate of drug-likeness (QED) is 0.633. The van der Waals surface area contributed by atoms with Gasteiger partial charge in [0.2, 0.25) is 5.91 Å². The van der Waals surface area contributed by atoms with Crippen molar-refractivity contribution < 1.29 is 9.59 Å². The van der Waals surface area contributed by atoms with Gasteiger partial charge in [0.05, 0.1) is 5.69 Å². The highest BCUT2D eigenvalue weighted by molar-refractivity contribution is 6.38. The molecular weight excluding hydrogens is 297 g/mol. The lowest BCUT2D eigenvalue weighted by Crippen LogP contribution is -2.19. The maximum absolute atomic E-state index is 12.5. The van der Waals surface area contributed by atoms with Crippen molar-refractivity contribution in [2.45, 2.75) is 6.92 Å². The highest BCUT2D eigenvalue weighted by atomic mass is 35.5. The third-order valence-electron chi connectivity index (χ3n) is 2.73. The van der Waals surface area contributed by atoms with Crippen LogP contribution < -0.4 is 4.42 Å². The van der Waals surface area contributed by atoms with E-state index in [-0.39, 0.29) is 17.3 Å². The minimum atomic E-state index is -0.379. The molecule has 0 atom stereocenters. The molecular formula is C15H11Cl2NO2. The molecule has 2 aromatic carbocycles. The lowest BCUT2D eigenvalue weighted by atomic mass is 10.0. The van der Waals surface area contributed by atoms with Crippen LogP contribution >= 0.6 is 23.4 Å². The first kappa shape index (κ1) is 14.6. The van der Waals surface area contributed by atoms with Crippen LogP contribution in [-0.2, 0) is 4.79 Å². The van der Waals surface area contributed by atoms with E-state index < -0.39 is 0 Å². The van der Waals surface area contributed by atoms with Crippen molar-refractivity contribution in [3.8, 4) is 0 Å². The van der Waals surface area contributed by atoms with Gasteiger partial charge in [-0.25, -0.2) is 4.42 Å². The summed E-state index contributed by atoms with van der Waals surface area (Å²) in [5.74, 6) is -0.619. The van der Waals surface area contributed by atoms with Gasteiger partial charge in [0.15, 0.2) is 5.78 Å². The van der Waals surface area contributed by atoms with Gasteiger partial charge in [-0.05, 0) is 18.2 Å². The third kappa shape index (κ3) is 3.00. The molecule has 2 rings (SSSR count). The van der Waals surface area contributed by atoms with Crippen LogP contribution in [0.2, 0.25) is 5.02 Å². The standard InChI is InChI=1S/C15H11Cl2NO2/c1-10(19)18(17)14-8-7-12(16)9-13(14)15(20)11-5-3-2-4-6-11/h2-9H,1H3. The molecule has 0 aliphatic rings. The van der Waals surface area contributed by atoms with E-state index in [4.69, 9.17) is 23.4 Å². The van der Waals surface area contributed by atoms with E-state index in [9.17, 15) is 9.59 Å². The van der Waals surface area contributed by atoms with E-state index >= 15 is 0 Å². The number of nitrogens with zero attached hydrogens (tertiary/aromatic N) is 1. The Hall–Kier alpha value is -1.84. The van der Waals surface area contributed by atoms with E-state index in [1.165, 1.54) is 13.0 Å². The number of anilines is 1. The van der Waals surface area contributed by atoms with Crippen molar-refractivity contribution in [3.63, 3.8) is 0 Å². The van der Waals surface area contributed by atoms with E-state index in [1.54, 1.807) is 36.4 Å². The van der Waals surface area contributed by atoms with Gasteiger partial charge >= 0.3 is 0 Å². The Labute approximate surface area is 126 Å². The molecule has 5 heteroatoms. The number of carbonyl (C=O) groups excluding carboxylic acids is 2. The van der Waals surface area contributed by atoms with Gasteiger partial charge < -0.3 is 0 Å². The fourth-order valence-electron chi connectivity index (χ4n) is 1.78. The molecule has 0 unspecified atom stereocenters. The zero-order valence-corrected chi connectivity index (χ0v) is 12.2. The van der Waals surface area contributed by atoms with E-state index in [0.717, 1.165) is 4.42 Å². The van der Waals surface area contributed by atoms with Crippen molar-refractivity contribution >= 4 is 40.8 Å². The molecule has 0 bridgehead atoms. The van der Waals surface area contributed by atoms with Crippen LogP contribution in [0.3, 0.4) is 0 Å². The van der Waals surface area contributed by atoms with Crippen LogP contribution in [0.1, 0.15) is 22.8 Å². The lowest BCUT2D eigenvalue weighted by molar-refractivity contribution is -0.115. The minimum Gasteiger partial charge on any atom is -0.289 e.